The van der Waals surface area contributed by atoms with Crippen molar-refractivity contribution in [2.24, 2.45) is 0 Å². The molecule has 2 amide bonds. The molecule has 0 spiro atoms. The van der Waals surface area contributed by atoms with Gasteiger partial charge in [0.1, 0.15) is 0 Å². The molecule has 2 heterocycles. The summed E-state index contributed by atoms with van der Waals surface area (Å²) in [5, 5.41) is 1.50. The number of benzene rings is 2. The van der Waals surface area contributed by atoms with E-state index < -0.39 is 0 Å². The van der Waals surface area contributed by atoms with Crippen LogP contribution >= 0.6 is 11.6 Å². The van der Waals surface area contributed by atoms with Crippen molar-refractivity contribution >= 4 is 34.3 Å². The van der Waals surface area contributed by atoms with Gasteiger partial charge in [-0.25, -0.2) is 0 Å². The predicted octanol–water partition coefficient (Wildman–Crippen LogP) is 4.36. The summed E-state index contributed by atoms with van der Waals surface area (Å²) in [5.74, 6) is 0.480. The van der Waals surface area contributed by atoms with E-state index in [1.165, 1.54) is 0 Å². The van der Waals surface area contributed by atoms with Gasteiger partial charge < -0.3 is 9.80 Å². The molecule has 0 N–H and O–H groups in total. The Kier molecular flexibility index (Phi) is 4.91. The summed E-state index contributed by atoms with van der Waals surface area (Å²) in [7, 11) is 0. The highest BCUT2D eigenvalue weighted by Gasteiger charge is 2.30. The molecule has 2 aliphatic rings. The Labute approximate surface area is 180 Å². The van der Waals surface area contributed by atoms with Crippen molar-refractivity contribution in [3.05, 3.63) is 76.4 Å². The van der Waals surface area contributed by atoms with Crippen LogP contribution in [0.25, 0.3) is 10.9 Å². The maximum absolute atomic E-state index is 13.4. The number of halogens is 1. The monoisotopic (exact) mass is 419 g/mol. The van der Waals surface area contributed by atoms with E-state index in [1.54, 1.807) is 29.2 Å². The third-order valence-electron chi connectivity index (χ3n) is 5.91. The third kappa shape index (κ3) is 3.65. The van der Waals surface area contributed by atoms with E-state index in [2.05, 4.69) is 0 Å². The maximum Gasteiger partial charge on any atom is 0.254 e. The Morgan fingerprint density at radius 1 is 0.867 bits per heavy atom. The molecule has 2 aromatic carbocycles. The second kappa shape index (κ2) is 7.73. The molecule has 1 saturated heterocycles. The number of hydrogen-bond acceptors (Lipinski definition) is 3. The molecular weight excluding hydrogens is 398 g/mol. The fourth-order valence-corrected chi connectivity index (χ4v) is 4.15. The molecule has 3 aromatic rings. The van der Waals surface area contributed by atoms with Gasteiger partial charge in [-0.1, -0.05) is 29.8 Å². The molecule has 0 radical (unpaired) electrons. The summed E-state index contributed by atoms with van der Waals surface area (Å²) in [6.45, 7) is 2.08. The molecule has 152 valence electrons. The number of para-hydroxylation sites is 1. The summed E-state index contributed by atoms with van der Waals surface area (Å²) in [6.07, 6.45) is 2.29. The lowest BCUT2D eigenvalue weighted by atomic mass is 10.0. The number of aromatic nitrogens is 1. The number of rotatable bonds is 3. The number of amides is 2. The van der Waals surface area contributed by atoms with E-state index >= 15 is 0 Å². The zero-order valence-corrected chi connectivity index (χ0v) is 17.3. The zero-order chi connectivity index (χ0) is 20.7. The van der Waals surface area contributed by atoms with Crippen LogP contribution in [0.1, 0.15) is 45.2 Å². The molecule has 1 saturated carbocycles. The van der Waals surface area contributed by atoms with Crippen LogP contribution in [0.2, 0.25) is 5.02 Å². The van der Waals surface area contributed by atoms with Gasteiger partial charge in [0.05, 0.1) is 11.1 Å². The number of fused-ring (bicyclic) bond motifs is 1. The quantitative estimate of drug-likeness (QED) is 0.633. The fourth-order valence-electron chi connectivity index (χ4n) is 4.02. The van der Waals surface area contributed by atoms with E-state index in [9.17, 15) is 9.59 Å². The first-order chi connectivity index (χ1) is 14.6. The lowest BCUT2D eigenvalue weighted by molar-refractivity contribution is 0.0536. The van der Waals surface area contributed by atoms with Gasteiger partial charge in [0.2, 0.25) is 0 Å². The largest absolute Gasteiger partial charge is 0.335 e. The van der Waals surface area contributed by atoms with Crippen LogP contribution in [-0.2, 0) is 0 Å². The standard InChI is InChI=1S/C24H22ClN3O2/c25-18-9-7-17(8-10-18)23(29)27-11-13-28(14-12-27)24(30)20-15-22(16-5-6-16)26-21-4-2-1-3-19(20)21/h1-4,7-10,15-16H,5-6,11-14H2. The van der Waals surface area contributed by atoms with Gasteiger partial charge in [-0.3, -0.25) is 14.6 Å². The first-order valence-corrected chi connectivity index (χ1v) is 10.7. The number of carbonyl (C=O) groups is 2. The first-order valence-electron chi connectivity index (χ1n) is 10.3. The summed E-state index contributed by atoms with van der Waals surface area (Å²) in [6, 6.07) is 16.7. The number of piperazine rings is 1. The average Bonchev–Trinajstić information content (AvgIpc) is 3.64. The van der Waals surface area contributed by atoms with Crippen molar-refractivity contribution in [2.45, 2.75) is 18.8 Å². The highest BCUT2D eigenvalue weighted by atomic mass is 35.5. The Morgan fingerprint density at radius 2 is 1.50 bits per heavy atom. The maximum atomic E-state index is 13.4. The Hall–Kier alpha value is -2.92. The van der Waals surface area contributed by atoms with Crippen LogP contribution in [0.3, 0.4) is 0 Å². The average molecular weight is 420 g/mol. The molecule has 30 heavy (non-hydrogen) atoms. The summed E-state index contributed by atoms with van der Waals surface area (Å²) in [4.78, 5) is 34.5. The number of pyridine rings is 1. The van der Waals surface area contributed by atoms with Crippen LogP contribution in [0, 0.1) is 0 Å². The van der Waals surface area contributed by atoms with E-state index in [-0.39, 0.29) is 11.8 Å². The van der Waals surface area contributed by atoms with Crippen molar-refractivity contribution in [1.82, 2.24) is 14.8 Å². The lowest BCUT2D eigenvalue weighted by Gasteiger charge is -2.35. The van der Waals surface area contributed by atoms with Gasteiger partial charge >= 0.3 is 0 Å². The molecule has 1 aliphatic carbocycles. The smallest absolute Gasteiger partial charge is 0.254 e. The van der Waals surface area contributed by atoms with Crippen molar-refractivity contribution in [1.29, 1.82) is 0 Å². The number of carbonyl (C=O) groups excluding carboxylic acids is 2. The van der Waals surface area contributed by atoms with Crippen molar-refractivity contribution < 1.29 is 9.59 Å². The second-order valence-electron chi connectivity index (χ2n) is 7.98. The summed E-state index contributed by atoms with van der Waals surface area (Å²) < 4.78 is 0. The van der Waals surface area contributed by atoms with Crippen LogP contribution in [-0.4, -0.2) is 52.8 Å². The molecule has 0 atom stereocenters. The van der Waals surface area contributed by atoms with E-state index in [1.807, 2.05) is 35.2 Å². The lowest BCUT2D eigenvalue weighted by Crippen LogP contribution is -2.50. The normalized spacial score (nSPS) is 16.7. The first kappa shape index (κ1) is 19.1. The minimum absolute atomic E-state index is 0.0223. The van der Waals surface area contributed by atoms with E-state index in [0.717, 1.165) is 35.0 Å². The minimum Gasteiger partial charge on any atom is -0.335 e. The molecule has 0 bridgehead atoms. The van der Waals surface area contributed by atoms with Gasteiger partial charge in [0.15, 0.2) is 0 Å². The fraction of sp³-hybridized carbons (Fsp3) is 0.292. The Balaban J connectivity index is 1.34. The van der Waals surface area contributed by atoms with Crippen molar-refractivity contribution in [2.75, 3.05) is 26.2 Å². The molecule has 2 fully saturated rings. The highest BCUT2D eigenvalue weighted by molar-refractivity contribution is 6.30. The minimum atomic E-state index is -0.0239. The number of hydrogen-bond donors (Lipinski definition) is 0. The SMILES string of the molecule is O=C(c1ccc(Cl)cc1)N1CCN(C(=O)c2cc(C3CC3)nc3ccccc23)CC1. The zero-order valence-electron chi connectivity index (χ0n) is 16.6. The summed E-state index contributed by atoms with van der Waals surface area (Å²) in [5.41, 5.74) is 3.24. The van der Waals surface area contributed by atoms with Crippen LogP contribution in [0.5, 0.6) is 0 Å². The molecule has 1 aromatic heterocycles. The van der Waals surface area contributed by atoms with Gasteiger partial charge in [-0.05, 0) is 49.2 Å². The van der Waals surface area contributed by atoms with Crippen LogP contribution in [0.15, 0.2) is 54.6 Å². The Bertz CT molecular complexity index is 1120. The molecule has 0 unspecified atom stereocenters. The highest BCUT2D eigenvalue weighted by Crippen LogP contribution is 2.40. The third-order valence-corrected chi connectivity index (χ3v) is 6.16. The molecule has 5 nitrogen and oxygen atoms in total. The predicted molar refractivity (Wildman–Crippen MR) is 117 cm³/mol. The molecule has 6 heteroatoms. The van der Waals surface area contributed by atoms with Crippen LogP contribution < -0.4 is 0 Å². The summed E-state index contributed by atoms with van der Waals surface area (Å²) >= 11 is 5.92. The van der Waals surface area contributed by atoms with E-state index in [4.69, 9.17) is 16.6 Å². The molecule has 1 aliphatic heterocycles. The second-order valence-corrected chi connectivity index (χ2v) is 8.41. The van der Waals surface area contributed by atoms with Gasteiger partial charge in [0, 0.05) is 53.8 Å². The van der Waals surface area contributed by atoms with Crippen LogP contribution in [0.4, 0.5) is 0 Å². The Morgan fingerprint density at radius 3 is 2.17 bits per heavy atom. The topological polar surface area (TPSA) is 53.5 Å². The molecule has 5 rings (SSSR count). The number of nitrogens with zero attached hydrogens (tertiary/aromatic N) is 3. The van der Waals surface area contributed by atoms with Crippen molar-refractivity contribution in [3.8, 4) is 0 Å². The van der Waals surface area contributed by atoms with Gasteiger partial charge in [-0.15, -0.1) is 0 Å². The van der Waals surface area contributed by atoms with Crippen molar-refractivity contribution in [3.63, 3.8) is 0 Å². The van der Waals surface area contributed by atoms with Gasteiger partial charge in [-0.2, -0.15) is 0 Å². The van der Waals surface area contributed by atoms with E-state index in [0.29, 0.717) is 42.7 Å². The van der Waals surface area contributed by atoms with Gasteiger partial charge in [0.25, 0.3) is 11.8 Å². The molecular formula is C24H22ClN3O2.